The van der Waals surface area contributed by atoms with E-state index in [1.165, 1.54) is 0 Å². The van der Waals surface area contributed by atoms with Crippen molar-refractivity contribution in [1.82, 2.24) is 0 Å². The van der Waals surface area contributed by atoms with Crippen LogP contribution in [0.2, 0.25) is 0 Å². The maximum atomic E-state index is 13.9. The van der Waals surface area contributed by atoms with Gasteiger partial charge in [-0.25, -0.2) is 4.39 Å². The molecule has 0 aromatic heterocycles. The van der Waals surface area contributed by atoms with Gasteiger partial charge in [-0.1, -0.05) is 12.1 Å². The Morgan fingerprint density at radius 3 is 1.76 bits per heavy atom. The molecule has 2 N–H and O–H groups in total. The smallest absolute Gasteiger partial charge is 0.406 e. The highest BCUT2D eigenvalue weighted by Crippen LogP contribution is 2.30. The quantitative estimate of drug-likeness (QED) is 0.797. The summed E-state index contributed by atoms with van der Waals surface area (Å²) in [6.07, 6.45) is -9.84. The van der Waals surface area contributed by atoms with E-state index in [2.05, 4.69) is 9.47 Å². The van der Waals surface area contributed by atoms with Gasteiger partial charge >= 0.3 is 12.7 Å². The summed E-state index contributed by atoms with van der Waals surface area (Å²) in [5, 5.41) is 0. The van der Waals surface area contributed by atoms with E-state index in [-0.39, 0.29) is 11.1 Å². The van der Waals surface area contributed by atoms with Crippen LogP contribution in [0.15, 0.2) is 42.5 Å². The van der Waals surface area contributed by atoms with E-state index in [1.807, 2.05) is 0 Å². The summed E-state index contributed by atoms with van der Waals surface area (Å²) in [4.78, 5) is 0. The van der Waals surface area contributed by atoms with Gasteiger partial charge in [-0.2, -0.15) is 0 Å². The monoisotopic (exact) mass is 369 g/mol. The van der Waals surface area contributed by atoms with E-state index in [0.29, 0.717) is 0 Å². The number of benzene rings is 2. The number of ether oxygens (including phenoxy) is 2. The zero-order valence-corrected chi connectivity index (χ0v) is 12.2. The Bertz CT molecular complexity index is 726. The van der Waals surface area contributed by atoms with Gasteiger partial charge < -0.3 is 15.2 Å². The lowest BCUT2D eigenvalue weighted by molar-refractivity contribution is -0.275. The van der Waals surface area contributed by atoms with Gasteiger partial charge in [0.05, 0.1) is 6.04 Å². The number of hydrogen-bond donors (Lipinski definition) is 1. The first-order chi connectivity index (χ1) is 11.4. The van der Waals surface area contributed by atoms with Crippen molar-refractivity contribution in [1.29, 1.82) is 0 Å². The number of rotatable bonds is 4. The van der Waals surface area contributed by atoms with Crippen LogP contribution in [0.4, 0.5) is 30.7 Å². The third-order valence-electron chi connectivity index (χ3n) is 3.01. The van der Waals surface area contributed by atoms with Crippen molar-refractivity contribution in [3.05, 3.63) is 59.4 Å². The van der Waals surface area contributed by atoms with Gasteiger partial charge in [0, 0.05) is 5.56 Å². The molecule has 0 aliphatic heterocycles. The molecule has 0 aliphatic rings. The summed E-state index contributed by atoms with van der Waals surface area (Å²) < 4.78 is 94.2. The molecule has 0 saturated carbocycles. The summed E-state index contributed by atoms with van der Waals surface area (Å²) in [5.41, 5.74) is 5.64. The van der Waals surface area contributed by atoms with Crippen LogP contribution in [0.3, 0.4) is 0 Å². The first-order valence-electron chi connectivity index (χ1n) is 6.61. The van der Waals surface area contributed by atoms with Crippen molar-refractivity contribution in [2.75, 3.05) is 0 Å². The second kappa shape index (κ2) is 6.79. The maximum absolute atomic E-state index is 13.9. The topological polar surface area (TPSA) is 44.5 Å². The van der Waals surface area contributed by atoms with Gasteiger partial charge in [-0.05, 0) is 35.9 Å². The summed E-state index contributed by atoms with van der Waals surface area (Å²) in [5.74, 6) is -2.08. The summed E-state index contributed by atoms with van der Waals surface area (Å²) in [7, 11) is 0. The van der Waals surface area contributed by atoms with E-state index in [9.17, 15) is 30.7 Å². The Balaban J connectivity index is 2.25. The standard InChI is InChI=1S/C15H10F7NO2/c16-12-6-5-10(25-15(20,21)22)7-11(12)13(23)8-1-3-9(4-2-8)24-14(17,18)19/h1-7,13H,23H2/t13-/m0/s1. The van der Waals surface area contributed by atoms with Crippen molar-refractivity contribution >= 4 is 0 Å². The van der Waals surface area contributed by atoms with Gasteiger partial charge in [0.25, 0.3) is 0 Å². The zero-order valence-electron chi connectivity index (χ0n) is 12.2. The molecule has 0 amide bonds. The minimum atomic E-state index is -4.96. The number of hydrogen-bond acceptors (Lipinski definition) is 3. The molecule has 2 rings (SSSR count). The average Bonchev–Trinajstić information content (AvgIpc) is 2.46. The van der Waals surface area contributed by atoms with Gasteiger partial charge in [0.15, 0.2) is 0 Å². The minimum absolute atomic E-state index is 0.164. The number of nitrogens with two attached hydrogens (primary N) is 1. The van der Waals surface area contributed by atoms with Crippen molar-refractivity contribution in [2.24, 2.45) is 5.73 Å². The van der Waals surface area contributed by atoms with Crippen molar-refractivity contribution in [3.63, 3.8) is 0 Å². The Labute approximate surface area is 136 Å². The molecule has 3 nitrogen and oxygen atoms in total. The van der Waals surface area contributed by atoms with Crippen LogP contribution in [-0.4, -0.2) is 12.7 Å². The molecule has 0 radical (unpaired) electrons. The van der Waals surface area contributed by atoms with E-state index in [0.717, 1.165) is 42.5 Å². The Morgan fingerprint density at radius 2 is 1.24 bits per heavy atom. The van der Waals surface area contributed by atoms with E-state index in [4.69, 9.17) is 5.73 Å². The number of halogens is 7. The third-order valence-corrected chi connectivity index (χ3v) is 3.01. The lowest BCUT2D eigenvalue weighted by Crippen LogP contribution is -2.19. The van der Waals surface area contributed by atoms with Gasteiger partial charge in [0.1, 0.15) is 17.3 Å². The fourth-order valence-corrected chi connectivity index (χ4v) is 2.01. The highest BCUT2D eigenvalue weighted by Gasteiger charge is 2.32. The average molecular weight is 369 g/mol. The molecule has 25 heavy (non-hydrogen) atoms. The van der Waals surface area contributed by atoms with Gasteiger partial charge in [0.2, 0.25) is 0 Å². The van der Waals surface area contributed by atoms with E-state index >= 15 is 0 Å². The zero-order chi connectivity index (χ0) is 18.8. The molecule has 10 heteroatoms. The molecular weight excluding hydrogens is 359 g/mol. The van der Waals surface area contributed by atoms with E-state index < -0.39 is 36.1 Å². The van der Waals surface area contributed by atoms with Crippen LogP contribution in [0.25, 0.3) is 0 Å². The van der Waals surface area contributed by atoms with Crippen molar-refractivity contribution in [3.8, 4) is 11.5 Å². The molecule has 0 heterocycles. The molecule has 0 spiro atoms. The fourth-order valence-electron chi connectivity index (χ4n) is 2.01. The first-order valence-corrected chi connectivity index (χ1v) is 6.61. The molecular formula is C15H10F7NO2. The maximum Gasteiger partial charge on any atom is 0.573 e. The van der Waals surface area contributed by atoms with Crippen LogP contribution >= 0.6 is 0 Å². The molecule has 2 aromatic rings. The third kappa shape index (κ3) is 5.52. The largest absolute Gasteiger partial charge is 0.573 e. The van der Waals surface area contributed by atoms with Crippen molar-refractivity contribution in [2.45, 2.75) is 18.8 Å². The Hall–Kier alpha value is -2.49. The van der Waals surface area contributed by atoms with Crippen LogP contribution in [-0.2, 0) is 0 Å². The highest BCUT2D eigenvalue weighted by atomic mass is 19.4. The normalized spacial score (nSPS) is 13.4. The van der Waals surface area contributed by atoms with Gasteiger partial charge in [-0.15, -0.1) is 26.3 Å². The fraction of sp³-hybridized carbons (Fsp3) is 0.200. The van der Waals surface area contributed by atoms with Crippen LogP contribution in [0, 0.1) is 5.82 Å². The Kier molecular flexibility index (Phi) is 5.12. The number of alkyl halides is 6. The second-order valence-electron chi connectivity index (χ2n) is 4.83. The van der Waals surface area contributed by atoms with Gasteiger partial charge in [-0.3, -0.25) is 0 Å². The SMILES string of the molecule is N[C@@H](c1ccc(OC(F)(F)F)cc1)c1cc(OC(F)(F)F)ccc1F. The molecule has 0 unspecified atom stereocenters. The van der Waals surface area contributed by atoms with Crippen molar-refractivity contribution < 1.29 is 40.2 Å². The molecule has 2 aromatic carbocycles. The lowest BCUT2D eigenvalue weighted by atomic mass is 9.99. The predicted octanol–water partition coefficient (Wildman–Crippen LogP) is 4.67. The lowest BCUT2D eigenvalue weighted by Gasteiger charge is -2.16. The molecule has 136 valence electrons. The first kappa shape index (κ1) is 18.8. The predicted molar refractivity (Wildman–Crippen MR) is 72.2 cm³/mol. The van der Waals surface area contributed by atoms with E-state index in [1.54, 1.807) is 0 Å². The molecule has 0 fully saturated rings. The Morgan fingerprint density at radius 1 is 0.760 bits per heavy atom. The summed E-state index contributed by atoms with van der Waals surface area (Å²) >= 11 is 0. The second-order valence-corrected chi connectivity index (χ2v) is 4.83. The molecule has 0 saturated heterocycles. The molecule has 0 bridgehead atoms. The summed E-state index contributed by atoms with van der Waals surface area (Å²) in [6.45, 7) is 0. The minimum Gasteiger partial charge on any atom is -0.406 e. The highest BCUT2D eigenvalue weighted by molar-refractivity contribution is 5.39. The summed E-state index contributed by atoms with van der Waals surface area (Å²) in [6, 6.07) is 5.26. The molecule has 1 atom stereocenters. The van der Waals surface area contributed by atoms with Crippen LogP contribution in [0.1, 0.15) is 17.2 Å². The van der Waals surface area contributed by atoms with Crippen LogP contribution in [0.5, 0.6) is 11.5 Å². The van der Waals surface area contributed by atoms with Crippen LogP contribution < -0.4 is 15.2 Å². The molecule has 0 aliphatic carbocycles.